The summed E-state index contributed by atoms with van der Waals surface area (Å²) in [5.74, 6) is -3.76. The van der Waals surface area contributed by atoms with Gasteiger partial charge in [0.2, 0.25) is 17.7 Å². The van der Waals surface area contributed by atoms with Gasteiger partial charge in [-0.2, -0.15) is 9.97 Å². The Bertz CT molecular complexity index is 3680. The normalized spacial score (nSPS) is 21.6. The molecule has 5 heterocycles. The second-order valence-corrected chi connectivity index (χ2v) is 25.8. The predicted molar refractivity (Wildman–Crippen MR) is 323 cm³/mol. The summed E-state index contributed by atoms with van der Waals surface area (Å²) in [5.41, 5.74) is 0.770. The number of ether oxygens (including phenoxy) is 4. The highest BCUT2D eigenvalue weighted by Gasteiger charge is 2.72. The number of piperazine rings is 1. The molecule has 4 aliphatic rings. The van der Waals surface area contributed by atoms with Crippen molar-refractivity contribution in [2.45, 2.75) is 115 Å². The number of anilines is 1. The van der Waals surface area contributed by atoms with Crippen molar-refractivity contribution in [3.63, 3.8) is 0 Å². The number of halogens is 4. The number of nitrogens with zero attached hydrogens (tertiary/aromatic N) is 7. The molecule has 4 amide bonds. The lowest BCUT2D eigenvalue weighted by molar-refractivity contribution is -0.144. The highest BCUT2D eigenvalue weighted by atomic mass is 32.1. The molecule has 468 valence electrons. The second-order valence-electron chi connectivity index (χ2n) is 24.9. The number of hydrogen-bond acceptors (Lipinski definition) is 15. The van der Waals surface area contributed by atoms with Crippen molar-refractivity contribution in [2.24, 2.45) is 10.8 Å². The fourth-order valence-corrected chi connectivity index (χ4v) is 13.5. The Morgan fingerprint density at radius 2 is 1.80 bits per heavy atom. The summed E-state index contributed by atoms with van der Waals surface area (Å²) in [6, 6.07) is 14.1. The topological polar surface area (TPSA) is 221 Å². The van der Waals surface area contributed by atoms with Gasteiger partial charge in [0.05, 0.1) is 51.4 Å². The summed E-state index contributed by atoms with van der Waals surface area (Å²) >= 11 is 1.54. The van der Waals surface area contributed by atoms with Crippen molar-refractivity contribution in [1.29, 1.82) is 0 Å². The molecular formula is C64H73F4N9O10S. The Kier molecular flexibility index (Phi) is 18.3. The van der Waals surface area contributed by atoms with E-state index in [0.717, 1.165) is 27.8 Å². The van der Waals surface area contributed by atoms with E-state index >= 15 is 17.6 Å². The number of thiazole rings is 1. The summed E-state index contributed by atoms with van der Waals surface area (Å²) in [7, 11) is 3.10. The maximum atomic E-state index is 17.6. The summed E-state index contributed by atoms with van der Waals surface area (Å²) in [5, 5.41) is 27.5. The zero-order chi connectivity index (χ0) is 63.0. The fraction of sp³-hybridized carbons (Fsp3) is 0.484. The number of terminal acetylenes is 1. The molecular weight excluding hydrogens is 1160 g/mol. The Morgan fingerprint density at radius 1 is 1.03 bits per heavy atom. The molecule has 3 saturated heterocycles. The molecule has 2 unspecified atom stereocenters. The minimum Gasteiger partial charge on any atom is -0.468 e. The zero-order valence-electron chi connectivity index (χ0n) is 50.3. The first-order valence-corrected chi connectivity index (χ1v) is 30.2. The molecule has 3 aliphatic heterocycles. The lowest BCUT2D eigenvalue weighted by atomic mass is 9.85. The number of carbonyl (C=O) groups is 4. The fourth-order valence-electron chi connectivity index (χ4n) is 12.7. The molecule has 6 aromatic rings. The molecule has 2 aromatic heterocycles. The van der Waals surface area contributed by atoms with Gasteiger partial charge < -0.3 is 54.5 Å². The van der Waals surface area contributed by atoms with Gasteiger partial charge >= 0.3 is 12.1 Å². The van der Waals surface area contributed by atoms with Gasteiger partial charge in [-0.1, -0.05) is 63.1 Å². The first-order chi connectivity index (χ1) is 41.8. The Morgan fingerprint density at radius 3 is 2.47 bits per heavy atom. The van der Waals surface area contributed by atoms with Gasteiger partial charge in [-0.25, -0.2) is 27.3 Å². The van der Waals surface area contributed by atoms with E-state index in [-0.39, 0.29) is 93.6 Å². The van der Waals surface area contributed by atoms with Gasteiger partial charge in [-0.05, 0) is 86.4 Å². The van der Waals surface area contributed by atoms with Crippen LogP contribution in [0.15, 0.2) is 66.2 Å². The minimum absolute atomic E-state index is 0.00987. The molecule has 88 heavy (non-hydrogen) atoms. The lowest BCUT2D eigenvalue weighted by Gasteiger charge is -2.46. The number of benzene rings is 4. The number of aliphatic hydroxyl groups is 1. The van der Waals surface area contributed by atoms with Crippen LogP contribution < -0.4 is 25.0 Å². The number of carbonyl (C=O) groups excluding carboxylic acids is 3. The van der Waals surface area contributed by atoms with Crippen molar-refractivity contribution in [3.8, 4) is 45.7 Å². The monoisotopic (exact) mass is 1240 g/mol. The van der Waals surface area contributed by atoms with Crippen molar-refractivity contribution in [3.05, 3.63) is 94.6 Å². The molecule has 4 fully saturated rings. The molecule has 0 radical (unpaired) electrons. The van der Waals surface area contributed by atoms with Crippen LogP contribution in [0.4, 0.5) is 28.2 Å². The zero-order valence-corrected chi connectivity index (χ0v) is 51.1. The number of fused-ring (bicyclic) bond motifs is 4. The van der Waals surface area contributed by atoms with Crippen molar-refractivity contribution >= 4 is 62.6 Å². The lowest BCUT2D eigenvalue weighted by Crippen LogP contribution is -2.62. The molecule has 2 bridgehead atoms. The van der Waals surface area contributed by atoms with Gasteiger partial charge in [0.1, 0.15) is 41.6 Å². The summed E-state index contributed by atoms with van der Waals surface area (Å²) in [6.07, 6.45) is 4.75. The van der Waals surface area contributed by atoms with E-state index in [4.69, 9.17) is 25.4 Å². The number of aryl methyl sites for hydroxylation is 1. The summed E-state index contributed by atoms with van der Waals surface area (Å²) < 4.78 is 88.6. The number of rotatable bonds is 23. The molecule has 24 heteroatoms. The van der Waals surface area contributed by atoms with E-state index < -0.39 is 107 Å². The van der Waals surface area contributed by atoms with Crippen LogP contribution >= 0.6 is 11.3 Å². The number of aliphatic hydroxyl groups excluding tert-OH is 1. The third kappa shape index (κ3) is 13.1. The molecule has 19 nitrogen and oxygen atoms in total. The molecule has 1 saturated carbocycles. The number of alkyl halides is 2. The van der Waals surface area contributed by atoms with Crippen LogP contribution in [0, 0.1) is 41.7 Å². The van der Waals surface area contributed by atoms with Gasteiger partial charge in [-0.3, -0.25) is 19.3 Å². The van der Waals surface area contributed by atoms with E-state index in [1.807, 2.05) is 31.2 Å². The van der Waals surface area contributed by atoms with Gasteiger partial charge in [0.25, 0.3) is 5.92 Å². The summed E-state index contributed by atoms with van der Waals surface area (Å²) in [4.78, 5) is 74.3. The predicted octanol–water partition coefficient (Wildman–Crippen LogP) is 8.79. The van der Waals surface area contributed by atoms with Crippen molar-refractivity contribution in [1.82, 2.24) is 40.3 Å². The average molecular weight is 1240 g/mol. The smallest absolute Gasteiger partial charge is 0.408 e. The molecule has 4 aromatic carbocycles. The number of amides is 4. The van der Waals surface area contributed by atoms with Gasteiger partial charge in [-0.15, -0.1) is 17.8 Å². The quantitative estimate of drug-likeness (QED) is 0.0204. The standard InChI is InChI=1S/C64H73F4N9O10S/c1-9-39-12-10-13-41-24-44(87-36-84-8)26-45(50(39)41)51-47(65)27-46-53(52(51)66)72-59(73-56(46)75-29-42-18-20-62(6,32-75)77(42)60(82)83)86-34-63(31-64(63,67)68)33-74(7)21-11-22-85-23-19-49(79)71-55(61(3,4)5)58(81)76-30-43(78)25-48(76)57(80)69-28-38-14-16-40(17-15-38)54-37(2)70-35-88-54/h1,10,12-17,24,26-27,35,42-43,48,55,78H,11,18-23,25,28-34,36H2,2-8H3,(H,69,80)(H,71,79)(H,82,83)/t42?,43-,48+,55-,62?,63-/m1/s1. The first-order valence-electron chi connectivity index (χ1n) is 29.3. The van der Waals surface area contributed by atoms with E-state index in [0.29, 0.717) is 42.1 Å². The number of β-amino-alcohol motifs (C(OH)–C–C–N with tert-alkyl or cyclic N) is 1. The number of aromatic nitrogens is 3. The van der Waals surface area contributed by atoms with Crippen molar-refractivity contribution < 1.29 is 65.9 Å². The van der Waals surface area contributed by atoms with E-state index in [2.05, 4.69) is 31.5 Å². The van der Waals surface area contributed by atoms with Crippen LogP contribution in [0.5, 0.6) is 11.8 Å². The van der Waals surface area contributed by atoms with Crippen LogP contribution in [-0.4, -0.2) is 173 Å². The number of nitrogens with one attached hydrogen (secondary N) is 2. The molecule has 0 spiro atoms. The average Bonchev–Trinajstić information content (AvgIpc) is 1.46. The van der Waals surface area contributed by atoms with Crippen molar-refractivity contribution in [2.75, 3.05) is 78.4 Å². The highest BCUT2D eigenvalue weighted by Crippen LogP contribution is 2.61. The largest absolute Gasteiger partial charge is 0.468 e. The van der Waals surface area contributed by atoms with Crippen LogP contribution in [-0.2, 0) is 30.4 Å². The number of likely N-dealkylation sites (tertiary alicyclic amines) is 1. The Hall–Kier alpha value is -7.69. The maximum absolute atomic E-state index is 17.6. The maximum Gasteiger partial charge on any atom is 0.408 e. The SMILES string of the molecule is C#Cc1cccc2cc(OCOC)cc(-c3c(F)cc4c(N5CC6CCC(C)(C5)N6C(=O)O)nc(OC[C@]5(CN(C)CCCOCCC(=O)N[C@H](C(=O)N6C[C@H](O)C[C@H]6C(=O)NCc6ccc(-c7scnc7C)cc6)C(C)(C)C)CC5(F)F)nc4c3F)c12. The molecule has 1 aliphatic carbocycles. The van der Waals surface area contributed by atoms with Crippen LogP contribution in [0.2, 0.25) is 0 Å². The minimum atomic E-state index is -3.16. The van der Waals surface area contributed by atoms with Crippen LogP contribution in [0.25, 0.3) is 43.2 Å². The second kappa shape index (κ2) is 25.4. The molecule has 4 N–H and O–H groups in total. The van der Waals surface area contributed by atoms with Gasteiger partial charge in [0.15, 0.2) is 12.6 Å². The van der Waals surface area contributed by atoms with Crippen LogP contribution in [0.1, 0.15) is 83.0 Å². The number of methoxy groups -OCH3 is 1. The van der Waals surface area contributed by atoms with Gasteiger partial charge in [0, 0.05) is 94.1 Å². The first kappa shape index (κ1) is 63.3. The molecule has 6 atom stereocenters. The Labute approximate surface area is 511 Å². The Balaban J connectivity index is 0.771. The van der Waals surface area contributed by atoms with E-state index in [9.17, 15) is 29.4 Å². The number of carboxylic acid groups (broad SMARTS) is 1. The number of hydrogen-bond donors (Lipinski definition) is 4. The van der Waals surface area contributed by atoms with Crippen LogP contribution in [0.3, 0.4) is 0 Å². The highest BCUT2D eigenvalue weighted by molar-refractivity contribution is 7.13. The molecule has 10 rings (SSSR count). The third-order valence-electron chi connectivity index (χ3n) is 17.3. The third-order valence-corrected chi connectivity index (χ3v) is 18.2. The van der Waals surface area contributed by atoms with E-state index in [1.54, 1.807) is 85.7 Å². The summed E-state index contributed by atoms with van der Waals surface area (Å²) in [6.45, 7) is 9.08. The van der Waals surface area contributed by atoms with E-state index in [1.165, 1.54) is 23.0 Å².